The summed E-state index contributed by atoms with van der Waals surface area (Å²) < 4.78 is 5.53. The summed E-state index contributed by atoms with van der Waals surface area (Å²) in [5.41, 5.74) is 1.34. The normalized spacial score (nSPS) is 12.8. The van der Waals surface area contributed by atoms with Crippen molar-refractivity contribution in [2.24, 2.45) is 5.41 Å². The topological polar surface area (TPSA) is 71.3 Å². The molecule has 2 aromatic rings. The van der Waals surface area contributed by atoms with Crippen molar-refractivity contribution in [3.63, 3.8) is 0 Å². The molecule has 0 spiro atoms. The Bertz CT molecular complexity index is 796. The van der Waals surface area contributed by atoms with Crippen LogP contribution in [0.2, 0.25) is 0 Å². The van der Waals surface area contributed by atoms with Gasteiger partial charge >= 0.3 is 0 Å². The lowest BCUT2D eigenvalue weighted by Gasteiger charge is -2.16. The Balaban J connectivity index is 2.12. The molecular weight excluding hydrogens is 336 g/mol. The maximum atomic E-state index is 12.6. The molecule has 2 aromatic heterocycles. The van der Waals surface area contributed by atoms with Gasteiger partial charge in [0.05, 0.1) is 15.9 Å². The van der Waals surface area contributed by atoms with Crippen LogP contribution >= 0.6 is 11.3 Å². The summed E-state index contributed by atoms with van der Waals surface area (Å²) >= 11 is 1.29. The van der Waals surface area contributed by atoms with E-state index in [-0.39, 0.29) is 17.9 Å². The third-order valence-electron chi connectivity index (χ3n) is 3.94. The van der Waals surface area contributed by atoms with Crippen molar-refractivity contribution in [1.29, 1.82) is 0 Å². The van der Waals surface area contributed by atoms with Gasteiger partial charge in [-0.15, -0.1) is 11.3 Å². The Morgan fingerprint density at radius 3 is 2.32 bits per heavy atom. The average Bonchev–Trinajstić information content (AvgIpc) is 3.00. The lowest BCUT2D eigenvalue weighted by molar-refractivity contribution is -0.123. The number of anilines is 1. The van der Waals surface area contributed by atoms with E-state index >= 15 is 0 Å². The van der Waals surface area contributed by atoms with Gasteiger partial charge in [-0.05, 0) is 45.4 Å². The second-order valence-corrected chi connectivity index (χ2v) is 8.44. The molecular formula is C19H26N2O3S. The molecule has 0 saturated heterocycles. The van der Waals surface area contributed by atoms with Crippen molar-refractivity contribution in [3.05, 3.63) is 39.7 Å². The van der Waals surface area contributed by atoms with Crippen LogP contribution in [-0.2, 0) is 4.79 Å². The van der Waals surface area contributed by atoms with Crippen molar-refractivity contribution in [2.45, 2.75) is 54.5 Å². The SMILES string of the molecule is Cc1cc(C(C)NC(=O)c2sc(NC(=O)C(C)(C)C)cc2C)c(C)o1. The van der Waals surface area contributed by atoms with Crippen molar-refractivity contribution < 1.29 is 14.0 Å². The number of rotatable bonds is 4. The highest BCUT2D eigenvalue weighted by molar-refractivity contribution is 7.18. The van der Waals surface area contributed by atoms with E-state index in [1.165, 1.54) is 11.3 Å². The minimum atomic E-state index is -0.481. The van der Waals surface area contributed by atoms with Gasteiger partial charge in [-0.25, -0.2) is 0 Å². The Morgan fingerprint density at radius 2 is 1.80 bits per heavy atom. The summed E-state index contributed by atoms with van der Waals surface area (Å²) in [5.74, 6) is 1.42. The molecule has 6 heteroatoms. The summed E-state index contributed by atoms with van der Waals surface area (Å²) in [6.45, 7) is 13.1. The number of aryl methyl sites for hydroxylation is 3. The highest BCUT2D eigenvalue weighted by atomic mass is 32.1. The van der Waals surface area contributed by atoms with E-state index in [4.69, 9.17) is 4.42 Å². The predicted molar refractivity (Wildman–Crippen MR) is 101 cm³/mol. The van der Waals surface area contributed by atoms with Crippen LogP contribution in [0.5, 0.6) is 0 Å². The Morgan fingerprint density at radius 1 is 1.16 bits per heavy atom. The van der Waals surface area contributed by atoms with Gasteiger partial charge in [-0.2, -0.15) is 0 Å². The van der Waals surface area contributed by atoms with Crippen LogP contribution in [0.25, 0.3) is 0 Å². The van der Waals surface area contributed by atoms with Crippen LogP contribution in [0.1, 0.15) is 66.1 Å². The molecule has 0 aromatic carbocycles. The van der Waals surface area contributed by atoms with Crippen LogP contribution in [0, 0.1) is 26.2 Å². The van der Waals surface area contributed by atoms with Gasteiger partial charge in [0, 0.05) is 11.0 Å². The summed E-state index contributed by atoms with van der Waals surface area (Å²) in [4.78, 5) is 25.3. The second kappa shape index (κ2) is 7.04. The highest BCUT2D eigenvalue weighted by Gasteiger charge is 2.24. The fraction of sp³-hybridized carbons (Fsp3) is 0.474. The number of hydrogen-bond donors (Lipinski definition) is 2. The van der Waals surface area contributed by atoms with Crippen LogP contribution in [0.4, 0.5) is 5.00 Å². The van der Waals surface area contributed by atoms with Crippen LogP contribution in [0.3, 0.4) is 0 Å². The minimum absolute atomic E-state index is 0.0708. The maximum absolute atomic E-state index is 12.6. The second-order valence-electron chi connectivity index (χ2n) is 7.39. The van der Waals surface area contributed by atoms with Gasteiger partial charge in [0.1, 0.15) is 11.5 Å². The third kappa shape index (κ3) is 4.51. The molecule has 5 nitrogen and oxygen atoms in total. The Labute approximate surface area is 152 Å². The quantitative estimate of drug-likeness (QED) is 0.825. The zero-order valence-corrected chi connectivity index (χ0v) is 16.7. The van der Waals surface area contributed by atoms with Gasteiger partial charge in [0.25, 0.3) is 5.91 Å². The zero-order chi connectivity index (χ0) is 18.9. The molecule has 0 fully saturated rings. The summed E-state index contributed by atoms with van der Waals surface area (Å²) in [7, 11) is 0. The Kier molecular flexibility index (Phi) is 5.42. The number of furan rings is 1. The molecule has 1 atom stereocenters. The van der Waals surface area contributed by atoms with Crippen LogP contribution in [0.15, 0.2) is 16.5 Å². The van der Waals surface area contributed by atoms with Gasteiger partial charge in [0.15, 0.2) is 0 Å². The van der Waals surface area contributed by atoms with Crippen LogP contribution in [-0.4, -0.2) is 11.8 Å². The molecule has 2 amide bonds. The van der Waals surface area contributed by atoms with Crippen molar-refractivity contribution in [2.75, 3.05) is 5.32 Å². The smallest absolute Gasteiger partial charge is 0.262 e. The monoisotopic (exact) mass is 362 g/mol. The van der Waals surface area contributed by atoms with Gasteiger partial charge < -0.3 is 15.1 Å². The first-order valence-corrected chi connectivity index (χ1v) is 9.10. The van der Waals surface area contributed by atoms with Crippen molar-refractivity contribution in [1.82, 2.24) is 5.32 Å². The molecule has 0 radical (unpaired) electrons. The third-order valence-corrected chi connectivity index (χ3v) is 5.09. The zero-order valence-electron chi connectivity index (χ0n) is 15.9. The molecule has 25 heavy (non-hydrogen) atoms. The van der Waals surface area contributed by atoms with Crippen molar-refractivity contribution >= 4 is 28.2 Å². The van der Waals surface area contributed by atoms with E-state index in [0.29, 0.717) is 9.88 Å². The molecule has 2 rings (SSSR count). The first kappa shape index (κ1) is 19.2. The molecule has 136 valence electrons. The standard InChI is InChI=1S/C19H26N2O3S/c1-10-8-15(21-18(23)19(5,6)7)25-16(10)17(22)20-12(3)14-9-11(2)24-13(14)4/h8-9,12H,1-7H3,(H,20,22)(H,21,23). The van der Waals surface area contributed by atoms with E-state index < -0.39 is 5.41 Å². The van der Waals surface area contributed by atoms with Gasteiger partial charge in [0.2, 0.25) is 5.91 Å². The number of carbonyl (C=O) groups is 2. The lowest BCUT2D eigenvalue weighted by atomic mass is 9.96. The fourth-order valence-electron chi connectivity index (χ4n) is 2.49. The molecule has 0 aliphatic rings. The number of thiophene rings is 1. The number of nitrogens with one attached hydrogen (secondary N) is 2. The molecule has 0 bridgehead atoms. The lowest BCUT2D eigenvalue weighted by Crippen LogP contribution is -2.27. The van der Waals surface area contributed by atoms with E-state index in [2.05, 4.69) is 10.6 Å². The van der Waals surface area contributed by atoms with Crippen molar-refractivity contribution in [3.8, 4) is 0 Å². The van der Waals surface area contributed by atoms with E-state index in [1.54, 1.807) is 0 Å². The molecule has 1 unspecified atom stereocenters. The maximum Gasteiger partial charge on any atom is 0.262 e. The van der Waals surface area contributed by atoms with E-state index in [9.17, 15) is 9.59 Å². The summed E-state index contributed by atoms with van der Waals surface area (Å²) in [6, 6.07) is 3.62. The summed E-state index contributed by atoms with van der Waals surface area (Å²) in [6.07, 6.45) is 0. The molecule has 2 heterocycles. The fourth-order valence-corrected chi connectivity index (χ4v) is 3.46. The van der Waals surface area contributed by atoms with Gasteiger partial charge in [-0.3, -0.25) is 9.59 Å². The average molecular weight is 362 g/mol. The number of carbonyl (C=O) groups excluding carboxylic acids is 2. The van der Waals surface area contributed by atoms with Crippen LogP contribution < -0.4 is 10.6 Å². The largest absolute Gasteiger partial charge is 0.466 e. The van der Waals surface area contributed by atoms with Gasteiger partial charge in [-0.1, -0.05) is 20.8 Å². The molecule has 0 aliphatic heterocycles. The van der Waals surface area contributed by atoms with E-state index in [0.717, 1.165) is 22.6 Å². The summed E-state index contributed by atoms with van der Waals surface area (Å²) in [5, 5.41) is 6.57. The first-order chi connectivity index (χ1) is 11.5. The highest BCUT2D eigenvalue weighted by Crippen LogP contribution is 2.29. The number of amides is 2. The molecule has 0 saturated carbocycles. The predicted octanol–water partition coefficient (Wildman–Crippen LogP) is 4.74. The number of hydrogen-bond acceptors (Lipinski definition) is 4. The minimum Gasteiger partial charge on any atom is -0.466 e. The Hall–Kier alpha value is -2.08. The molecule has 2 N–H and O–H groups in total. The first-order valence-electron chi connectivity index (χ1n) is 8.28. The molecule has 0 aliphatic carbocycles. The van der Waals surface area contributed by atoms with E-state index in [1.807, 2.05) is 60.6 Å².